The number of hydrogen-bond donors (Lipinski definition) is 1. The average molecular weight is 273 g/mol. The maximum atomic E-state index is 13.4. The lowest BCUT2D eigenvalue weighted by molar-refractivity contribution is 0.487. The van der Waals surface area contributed by atoms with E-state index in [0.29, 0.717) is 12.1 Å². The number of rotatable bonds is 7. The molecule has 0 saturated heterocycles. The second kappa shape index (κ2) is 7.10. The molecular weight excluding hydrogens is 252 g/mol. The van der Waals surface area contributed by atoms with Crippen molar-refractivity contribution in [2.45, 2.75) is 38.0 Å². The van der Waals surface area contributed by atoms with Gasteiger partial charge in [0.2, 0.25) is 0 Å². The van der Waals surface area contributed by atoms with Crippen molar-refractivity contribution in [1.82, 2.24) is 5.32 Å². The summed E-state index contributed by atoms with van der Waals surface area (Å²) in [5, 5.41) is 3.27. The summed E-state index contributed by atoms with van der Waals surface area (Å²) in [6.07, 6.45) is 4.25. The highest BCUT2D eigenvalue weighted by Crippen LogP contribution is 2.29. The highest BCUT2D eigenvalue weighted by atomic mass is 32.2. The van der Waals surface area contributed by atoms with Crippen molar-refractivity contribution in [3.63, 3.8) is 0 Å². The van der Waals surface area contributed by atoms with Crippen LogP contribution in [0.15, 0.2) is 18.2 Å². The van der Waals surface area contributed by atoms with Crippen LogP contribution in [0.5, 0.6) is 0 Å². The van der Waals surface area contributed by atoms with Crippen molar-refractivity contribution in [1.29, 1.82) is 0 Å². The Morgan fingerprint density at radius 1 is 1.22 bits per heavy atom. The molecule has 0 saturated carbocycles. The first-order valence-corrected chi connectivity index (χ1v) is 7.49. The Bertz CT molecular complexity index is 370. The Kier molecular flexibility index (Phi) is 6.09. The topological polar surface area (TPSA) is 12.0 Å². The van der Waals surface area contributed by atoms with Gasteiger partial charge in [0.15, 0.2) is 0 Å². The molecule has 0 bridgehead atoms. The van der Waals surface area contributed by atoms with E-state index in [1.165, 1.54) is 12.1 Å². The average Bonchev–Trinajstić information content (AvgIpc) is 2.38. The van der Waals surface area contributed by atoms with Crippen LogP contribution in [0.4, 0.5) is 8.78 Å². The van der Waals surface area contributed by atoms with E-state index in [2.05, 4.69) is 25.4 Å². The van der Waals surface area contributed by atoms with Gasteiger partial charge in [0.1, 0.15) is 11.6 Å². The lowest BCUT2D eigenvalue weighted by Gasteiger charge is -2.30. The molecule has 4 heteroatoms. The van der Waals surface area contributed by atoms with Gasteiger partial charge in [0.25, 0.3) is 0 Å². The van der Waals surface area contributed by atoms with Crippen molar-refractivity contribution in [3.8, 4) is 0 Å². The Balaban J connectivity index is 2.55. The van der Waals surface area contributed by atoms with Crippen LogP contribution < -0.4 is 5.32 Å². The van der Waals surface area contributed by atoms with E-state index in [4.69, 9.17) is 0 Å². The minimum atomic E-state index is -0.531. The molecule has 0 fully saturated rings. The molecule has 0 aliphatic heterocycles. The SMILES string of the molecule is CCC(CC)(CNCc1ccc(F)cc1F)SC. The van der Waals surface area contributed by atoms with Crippen LogP contribution in [-0.4, -0.2) is 17.5 Å². The summed E-state index contributed by atoms with van der Waals surface area (Å²) in [6, 6.07) is 3.72. The van der Waals surface area contributed by atoms with Gasteiger partial charge in [0.05, 0.1) is 0 Å². The zero-order chi connectivity index (χ0) is 13.6. The summed E-state index contributed by atoms with van der Waals surface area (Å²) < 4.78 is 26.4. The summed E-state index contributed by atoms with van der Waals surface area (Å²) in [5.41, 5.74) is 0.513. The number of halogens is 2. The number of nitrogens with one attached hydrogen (secondary N) is 1. The fourth-order valence-electron chi connectivity index (χ4n) is 1.95. The van der Waals surface area contributed by atoms with E-state index < -0.39 is 11.6 Å². The summed E-state index contributed by atoms with van der Waals surface area (Å²) in [6.45, 7) is 5.60. The maximum absolute atomic E-state index is 13.4. The highest BCUT2D eigenvalue weighted by molar-refractivity contribution is 8.00. The molecule has 0 aliphatic rings. The van der Waals surface area contributed by atoms with Gasteiger partial charge >= 0.3 is 0 Å². The van der Waals surface area contributed by atoms with E-state index in [1.54, 1.807) is 0 Å². The fraction of sp³-hybridized carbons (Fsp3) is 0.571. The first-order valence-electron chi connectivity index (χ1n) is 6.26. The Morgan fingerprint density at radius 3 is 2.39 bits per heavy atom. The zero-order valence-corrected chi connectivity index (χ0v) is 12.0. The van der Waals surface area contributed by atoms with Crippen molar-refractivity contribution in [2.75, 3.05) is 12.8 Å². The predicted octanol–water partition coefficient (Wildman–Crippen LogP) is 3.98. The molecule has 102 valence electrons. The van der Waals surface area contributed by atoms with E-state index in [1.807, 2.05) is 11.8 Å². The maximum Gasteiger partial charge on any atom is 0.130 e. The molecule has 1 nitrogen and oxygen atoms in total. The molecule has 0 unspecified atom stereocenters. The molecule has 0 aliphatic carbocycles. The van der Waals surface area contributed by atoms with Gasteiger partial charge in [-0.05, 0) is 25.2 Å². The first-order chi connectivity index (χ1) is 8.56. The third-order valence-electron chi connectivity index (χ3n) is 3.50. The van der Waals surface area contributed by atoms with Crippen molar-refractivity contribution < 1.29 is 8.78 Å². The van der Waals surface area contributed by atoms with Crippen LogP contribution in [-0.2, 0) is 6.54 Å². The van der Waals surface area contributed by atoms with Crippen molar-refractivity contribution in [2.24, 2.45) is 0 Å². The van der Waals surface area contributed by atoms with E-state index >= 15 is 0 Å². The number of hydrogen-bond acceptors (Lipinski definition) is 2. The van der Waals surface area contributed by atoms with Gasteiger partial charge in [-0.25, -0.2) is 8.78 Å². The second-order valence-corrected chi connectivity index (χ2v) is 5.71. The lowest BCUT2D eigenvalue weighted by atomic mass is 10.0. The van der Waals surface area contributed by atoms with Gasteiger partial charge in [-0.2, -0.15) is 11.8 Å². The Labute approximate surface area is 112 Å². The van der Waals surface area contributed by atoms with Gasteiger partial charge < -0.3 is 5.32 Å². The van der Waals surface area contributed by atoms with Gasteiger partial charge in [-0.15, -0.1) is 0 Å². The molecule has 0 spiro atoms. The lowest BCUT2D eigenvalue weighted by Crippen LogP contribution is -2.36. The van der Waals surface area contributed by atoms with Crippen LogP contribution in [0.2, 0.25) is 0 Å². The summed E-state index contributed by atoms with van der Waals surface area (Å²) in [7, 11) is 0. The van der Waals surface area contributed by atoms with E-state index in [-0.39, 0.29) is 4.75 Å². The van der Waals surface area contributed by atoms with Crippen LogP contribution in [0.25, 0.3) is 0 Å². The van der Waals surface area contributed by atoms with Crippen molar-refractivity contribution >= 4 is 11.8 Å². The molecule has 0 radical (unpaired) electrons. The minimum Gasteiger partial charge on any atom is -0.311 e. The van der Waals surface area contributed by atoms with E-state index in [9.17, 15) is 8.78 Å². The summed E-state index contributed by atoms with van der Waals surface area (Å²) >= 11 is 1.84. The molecule has 0 aromatic heterocycles. The molecule has 1 N–H and O–H groups in total. The highest BCUT2D eigenvalue weighted by Gasteiger charge is 2.24. The third-order valence-corrected chi connectivity index (χ3v) is 5.09. The smallest absolute Gasteiger partial charge is 0.130 e. The Hall–Kier alpha value is -0.610. The van der Waals surface area contributed by atoms with Crippen LogP contribution >= 0.6 is 11.8 Å². The molecule has 1 aromatic carbocycles. The van der Waals surface area contributed by atoms with Crippen LogP contribution in [0.1, 0.15) is 32.3 Å². The molecule has 0 amide bonds. The predicted molar refractivity (Wildman–Crippen MR) is 74.9 cm³/mol. The Morgan fingerprint density at radius 2 is 1.89 bits per heavy atom. The zero-order valence-electron chi connectivity index (χ0n) is 11.2. The molecule has 0 atom stereocenters. The number of benzene rings is 1. The molecule has 1 rings (SSSR count). The van der Waals surface area contributed by atoms with Crippen LogP contribution in [0.3, 0.4) is 0 Å². The second-order valence-electron chi connectivity index (χ2n) is 4.43. The summed E-state index contributed by atoms with van der Waals surface area (Å²) in [4.78, 5) is 0. The van der Waals surface area contributed by atoms with Crippen molar-refractivity contribution in [3.05, 3.63) is 35.4 Å². The van der Waals surface area contributed by atoms with Gasteiger partial charge in [0, 0.05) is 29.5 Å². The standard InChI is InChI=1S/C14H21F2NS/c1-4-14(5-2,18-3)10-17-9-11-6-7-12(15)8-13(11)16/h6-8,17H,4-5,9-10H2,1-3H3. The first kappa shape index (κ1) is 15.4. The summed E-state index contributed by atoms with van der Waals surface area (Å²) in [5.74, 6) is -1.01. The third kappa shape index (κ3) is 3.95. The monoisotopic (exact) mass is 273 g/mol. The van der Waals surface area contributed by atoms with Gasteiger partial charge in [-0.3, -0.25) is 0 Å². The fourth-order valence-corrected chi connectivity index (χ4v) is 2.77. The van der Waals surface area contributed by atoms with Gasteiger partial charge in [-0.1, -0.05) is 19.9 Å². The normalized spacial score (nSPS) is 11.8. The molecule has 0 heterocycles. The number of thioether (sulfide) groups is 1. The minimum absolute atomic E-state index is 0.205. The largest absolute Gasteiger partial charge is 0.311 e. The van der Waals surface area contributed by atoms with Crippen LogP contribution in [0, 0.1) is 11.6 Å². The molecular formula is C14H21F2NS. The van der Waals surface area contributed by atoms with E-state index in [0.717, 1.165) is 25.5 Å². The molecule has 18 heavy (non-hydrogen) atoms. The molecule has 1 aromatic rings. The quantitative estimate of drug-likeness (QED) is 0.806.